The first kappa shape index (κ1) is 21.5. The monoisotopic (exact) mass is 448 g/mol. The van der Waals surface area contributed by atoms with Crippen molar-refractivity contribution in [2.24, 2.45) is 0 Å². The van der Waals surface area contributed by atoms with Gasteiger partial charge in [-0.2, -0.15) is 4.98 Å². The third-order valence-corrected chi connectivity index (χ3v) is 5.42. The molecule has 0 fully saturated rings. The number of carbonyl (C=O) groups is 2. The van der Waals surface area contributed by atoms with Gasteiger partial charge < -0.3 is 9.47 Å². The molecule has 1 aromatic heterocycles. The highest BCUT2D eigenvalue weighted by Crippen LogP contribution is 2.43. The molecule has 0 spiro atoms. The first-order valence-corrected chi connectivity index (χ1v) is 10.8. The van der Waals surface area contributed by atoms with Gasteiger partial charge in [0.05, 0.1) is 5.69 Å². The first-order valence-electron chi connectivity index (χ1n) is 9.80. The Kier molecular flexibility index (Phi) is 6.18. The number of amides is 1. The van der Waals surface area contributed by atoms with E-state index in [2.05, 4.69) is 21.8 Å². The molecular formula is C23H20N4O4S. The maximum absolute atomic E-state index is 12.8. The Bertz CT molecular complexity index is 1200. The number of hydrogen-bond donors (Lipinski definition) is 0. The van der Waals surface area contributed by atoms with Gasteiger partial charge in [0.1, 0.15) is 5.75 Å². The quantitative estimate of drug-likeness (QED) is 0.248. The molecule has 1 atom stereocenters. The Hall–Kier alpha value is -3.72. The molecule has 0 saturated carbocycles. The number of carbonyl (C=O) groups excluding carboxylic acids is 2. The number of anilines is 1. The van der Waals surface area contributed by atoms with Crippen molar-refractivity contribution in [3.63, 3.8) is 0 Å². The molecule has 1 aliphatic heterocycles. The Morgan fingerprint density at radius 3 is 2.75 bits per heavy atom. The predicted molar refractivity (Wildman–Crippen MR) is 120 cm³/mol. The van der Waals surface area contributed by atoms with Crippen molar-refractivity contribution in [3.05, 3.63) is 66.7 Å². The van der Waals surface area contributed by atoms with Crippen LogP contribution >= 0.6 is 11.8 Å². The van der Waals surface area contributed by atoms with Crippen molar-refractivity contribution in [1.29, 1.82) is 0 Å². The van der Waals surface area contributed by atoms with Crippen LogP contribution in [0.5, 0.6) is 11.6 Å². The fourth-order valence-corrected chi connectivity index (χ4v) is 3.87. The molecular weight excluding hydrogens is 428 g/mol. The van der Waals surface area contributed by atoms with Crippen molar-refractivity contribution < 1.29 is 19.1 Å². The number of aromatic nitrogens is 3. The van der Waals surface area contributed by atoms with Crippen LogP contribution in [0.1, 0.15) is 25.6 Å². The second-order valence-electron chi connectivity index (χ2n) is 6.89. The summed E-state index contributed by atoms with van der Waals surface area (Å²) < 4.78 is 11.5. The number of ether oxygens (including phenoxy) is 2. The van der Waals surface area contributed by atoms with Gasteiger partial charge in [0.25, 0.3) is 0 Å². The molecule has 162 valence electrons. The summed E-state index contributed by atoms with van der Waals surface area (Å²) in [5.41, 5.74) is 2.34. The lowest BCUT2D eigenvalue weighted by Gasteiger charge is -2.30. The normalized spacial score (nSPS) is 14.4. The zero-order chi connectivity index (χ0) is 22.7. The van der Waals surface area contributed by atoms with Crippen LogP contribution in [0.15, 0.2) is 66.3 Å². The van der Waals surface area contributed by atoms with Gasteiger partial charge in [-0.3, -0.25) is 14.5 Å². The number of fused-ring (bicyclic) bond motifs is 3. The third kappa shape index (κ3) is 4.33. The van der Waals surface area contributed by atoms with E-state index in [1.165, 1.54) is 30.5 Å². The number of benzene rings is 2. The van der Waals surface area contributed by atoms with Gasteiger partial charge in [-0.1, -0.05) is 48.2 Å². The number of rotatable bonds is 5. The Labute approximate surface area is 189 Å². The topological polar surface area (TPSA) is 94.5 Å². The van der Waals surface area contributed by atoms with Crippen molar-refractivity contribution >= 4 is 29.3 Å². The first-order chi connectivity index (χ1) is 15.5. The van der Waals surface area contributed by atoms with Crippen molar-refractivity contribution in [3.8, 4) is 22.9 Å². The fraction of sp³-hybridized carbons (Fsp3) is 0.174. The highest BCUT2D eigenvalue weighted by atomic mass is 32.2. The lowest BCUT2D eigenvalue weighted by molar-refractivity contribution is -0.131. The maximum Gasteiger partial charge on any atom is 0.308 e. The molecule has 3 aromatic rings. The van der Waals surface area contributed by atoms with E-state index in [4.69, 9.17) is 9.47 Å². The third-order valence-electron chi connectivity index (χ3n) is 4.59. The largest absolute Gasteiger partial charge is 0.447 e. The van der Waals surface area contributed by atoms with Gasteiger partial charge in [0, 0.05) is 30.7 Å². The number of nitrogens with zero attached hydrogens (tertiary/aromatic N) is 4. The van der Waals surface area contributed by atoms with E-state index >= 15 is 0 Å². The van der Waals surface area contributed by atoms with E-state index in [9.17, 15) is 9.59 Å². The molecule has 0 radical (unpaired) electrons. The lowest BCUT2D eigenvalue weighted by atomic mass is 10.1. The summed E-state index contributed by atoms with van der Waals surface area (Å²) in [5, 5.41) is 8.99. The number of para-hydroxylation sites is 1. The highest BCUT2D eigenvalue weighted by molar-refractivity contribution is 7.99. The van der Waals surface area contributed by atoms with Gasteiger partial charge in [-0.15, -0.1) is 16.8 Å². The van der Waals surface area contributed by atoms with Gasteiger partial charge in [0.2, 0.25) is 23.2 Å². The van der Waals surface area contributed by atoms with Gasteiger partial charge in [0.15, 0.2) is 5.69 Å². The number of esters is 1. The van der Waals surface area contributed by atoms with Crippen LogP contribution in [-0.4, -0.2) is 32.8 Å². The van der Waals surface area contributed by atoms with Crippen LogP contribution in [0, 0.1) is 0 Å². The lowest BCUT2D eigenvalue weighted by Crippen LogP contribution is -2.36. The van der Waals surface area contributed by atoms with Crippen LogP contribution in [0.2, 0.25) is 0 Å². The van der Waals surface area contributed by atoms with Crippen LogP contribution in [0.4, 0.5) is 5.69 Å². The molecule has 1 amide bonds. The number of hydrogen-bond acceptors (Lipinski definition) is 8. The minimum Gasteiger partial charge on any atom is -0.447 e. The zero-order valence-electron chi connectivity index (χ0n) is 17.5. The van der Waals surface area contributed by atoms with Crippen LogP contribution < -0.4 is 14.4 Å². The standard InChI is InChI=1S/C23H20N4O4S/c1-4-12-32-23-24-21-20(25-26-23)18-10-5-6-11-19(18)27(14(2)28)22(31-21)16-8-7-9-17(13-16)30-15(3)29/h4-11,13,22H,1,12H2,2-3H3. The molecule has 1 unspecified atom stereocenters. The summed E-state index contributed by atoms with van der Waals surface area (Å²) >= 11 is 1.37. The molecule has 0 N–H and O–H groups in total. The minimum atomic E-state index is -0.862. The smallest absolute Gasteiger partial charge is 0.308 e. The molecule has 0 bridgehead atoms. The summed E-state index contributed by atoms with van der Waals surface area (Å²) in [4.78, 5) is 30.3. The molecule has 9 heteroatoms. The van der Waals surface area contributed by atoms with Gasteiger partial charge in [-0.25, -0.2) is 0 Å². The van der Waals surface area contributed by atoms with E-state index in [0.717, 1.165) is 0 Å². The van der Waals surface area contributed by atoms with Crippen molar-refractivity contribution in [1.82, 2.24) is 15.2 Å². The molecule has 2 aromatic carbocycles. The van der Waals surface area contributed by atoms with E-state index < -0.39 is 12.2 Å². The summed E-state index contributed by atoms with van der Waals surface area (Å²) in [6, 6.07) is 14.2. The van der Waals surface area contributed by atoms with E-state index in [1.807, 2.05) is 24.3 Å². The van der Waals surface area contributed by atoms with Crippen LogP contribution in [-0.2, 0) is 9.59 Å². The molecule has 8 nitrogen and oxygen atoms in total. The summed E-state index contributed by atoms with van der Waals surface area (Å²) in [5.74, 6) is 0.546. The van der Waals surface area contributed by atoms with Crippen LogP contribution in [0.25, 0.3) is 11.3 Å². The predicted octanol–water partition coefficient (Wildman–Crippen LogP) is 4.19. The molecule has 2 heterocycles. The molecule has 1 aliphatic rings. The maximum atomic E-state index is 12.8. The number of thioether (sulfide) groups is 1. The molecule has 0 saturated heterocycles. The molecule has 0 aliphatic carbocycles. The summed E-state index contributed by atoms with van der Waals surface area (Å²) in [6.45, 7) is 6.50. The van der Waals surface area contributed by atoms with E-state index in [-0.39, 0.29) is 11.8 Å². The average molecular weight is 449 g/mol. The van der Waals surface area contributed by atoms with Crippen LogP contribution in [0.3, 0.4) is 0 Å². The summed E-state index contributed by atoms with van der Waals surface area (Å²) in [7, 11) is 0. The second kappa shape index (κ2) is 9.19. The second-order valence-corrected chi connectivity index (χ2v) is 7.88. The Balaban J connectivity index is 1.88. The Morgan fingerprint density at radius 1 is 1.19 bits per heavy atom. The van der Waals surface area contributed by atoms with E-state index in [1.54, 1.807) is 30.3 Å². The molecule has 32 heavy (non-hydrogen) atoms. The molecule has 4 rings (SSSR count). The SMILES string of the molecule is C=CCSc1nnc2c(n1)OC(c1cccc(OC(C)=O)c1)N(C(C)=O)c1ccccc1-2. The summed E-state index contributed by atoms with van der Waals surface area (Å²) in [6.07, 6.45) is 0.885. The van der Waals surface area contributed by atoms with Crippen molar-refractivity contribution in [2.45, 2.75) is 25.2 Å². The fourth-order valence-electron chi connectivity index (χ4n) is 3.36. The van der Waals surface area contributed by atoms with Gasteiger partial charge >= 0.3 is 5.97 Å². The minimum absolute atomic E-state index is 0.234. The zero-order valence-corrected chi connectivity index (χ0v) is 18.3. The Morgan fingerprint density at radius 2 is 2.00 bits per heavy atom. The van der Waals surface area contributed by atoms with E-state index in [0.29, 0.717) is 39.2 Å². The van der Waals surface area contributed by atoms with Crippen molar-refractivity contribution in [2.75, 3.05) is 10.7 Å². The average Bonchev–Trinajstić information content (AvgIpc) is 2.91. The van der Waals surface area contributed by atoms with Gasteiger partial charge in [-0.05, 0) is 18.2 Å². The highest BCUT2D eigenvalue weighted by Gasteiger charge is 2.34.